The second kappa shape index (κ2) is 8.27. The van der Waals surface area contributed by atoms with Crippen LogP contribution < -0.4 is 5.32 Å². The zero-order valence-corrected chi connectivity index (χ0v) is 14.2. The number of anilines is 1. The standard InChI is InChI=1S/C18H18F4N2O2/c1-9(3-4-25)13-6-12(7-14(19)15(13)20)24-18(26)16-10(2)5-11(8-23-16)17(21)22/h5-9,17,25H,3-4H2,1-2H3,(H,24,26)/t9-/m1/s1. The summed E-state index contributed by atoms with van der Waals surface area (Å²) in [5.41, 5.74) is -0.146. The monoisotopic (exact) mass is 370 g/mol. The fourth-order valence-electron chi connectivity index (χ4n) is 2.53. The molecule has 1 atom stereocenters. The molecule has 2 N–H and O–H groups in total. The maximum absolute atomic E-state index is 13.9. The Bertz CT molecular complexity index is 812. The van der Waals surface area contributed by atoms with Gasteiger partial charge in [-0.3, -0.25) is 9.78 Å². The van der Waals surface area contributed by atoms with Crippen LogP contribution >= 0.6 is 0 Å². The second-order valence-electron chi connectivity index (χ2n) is 5.96. The third-order valence-corrected chi connectivity index (χ3v) is 3.97. The van der Waals surface area contributed by atoms with E-state index in [0.717, 1.165) is 18.3 Å². The highest BCUT2D eigenvalue weighted by atomic mass is 19.3. The quantitative estimate of drug-likeness (QED) is 0.744. The number of aliphatic hydroxyl groups excluding tert-OH is 1. The van der Waals surface area contributed by atoms with Crippen LogP contribution in [0, 0.1) is 18.6 Å². The van der Waals surface area contributed by atoms with Gasteiger partial charge in [0.05, 0.1) is 0 Å². The fraction of sp³-hybridized carbons (Fsp3) is 0.333. The van der Waals surface area contributed by atoms with Crippen LogP contribution in [0.3, 0.4) is 0 Å². The van der Waals surface area contributed by atoms with E-state index in [0.29, 0.717) is 0 Å². The number of pyridine rings is 1. The third-order valence-electron chi connectivity index (χ3n) is 3.97. The Morgan fingerprint density at radius 2 is 1.96 bits per heavy atom. The highest BCUT2D eigenvalue weighted by Gasteiger charge is 2.19. The van der Waals surface area contributed by atoms with Gasteiger partial charge < -0.3 is 10.4 Å². The Balaban J connectivity index is 2.29. The van der Waals surface area contributed by atoms with Crippen LogP contribution in [0.5, 0.6) is 0 Å². The molecule has 0 radical (unpaired) electrons. The van der Waals surface area contributed by atoms with Crippen molar-refractivity contribution in [3.63, 3.8) is 0 Å². The molecular formula is C18H18F4N2O2. The van der Waals surface area contributed by atoms with E-state index < -0.39 is 29.9 Å². The van der Waals surface area contributed by atoms with E-state index in [1.807, 2.05) is 0 Å². The Morgan fingerprint density at radius 3 is 2.54 bits per heavy atom. The molecule has 26 heavy (non-hydrogen) atoms. The molecule has 4 nitrogen and oxygen atoms in total. The lowest BCUT2D eigenvalue weighted by molar-refractivity contribution is 0.102. The largest absolute Gasteiger partial charge is 0.396 e. The molecule has 1 heterocycles. The predicted octanol–water partition coefficient (Wildman–Crippen LogP) is 4.34. The van der Waals surface area contributed by atoms with E-state index in [1.54, 1.807) is 6.92 Å². The van der Waals surface area contributed by atoms with E-state index in [-0.39, 0.29) is 41.1 Å². The van der Waals surface area contributed by atoms with Gasteiger partial charge in [0.15, 0.2) is 11.6 Å². The number of hydrogen-bond donors (Lipinski definition) is 2. The van der Waals surface area contributed by atoms with E-state index >= 15 is 0 Å². The molecule has 0 saturated heterocycles. The molecule has 1 amide bonds. The number of aryl methyl sites for hydroxylation is 1. The van der Waals surface area contributed by atoms with E-state index in [2.05, 4.69) is 10.3 Å². The number of nitrogens with one attached hydrogen (secondary N) is 1. The predicted molar refractivity (Wildman–Crippen MR) is 88.4 cm³/mol. The zero-order chi connectivity index (χ0) is 19.4. The number of hydrogen-bond acceptors (Lipinski definition) is 3. The molecule has 8 heteroatoms. The summed E-state index contributed by atoms with van der Waals surface area (Å²) in [6, 6.07) is 3.25. The van der Waals surface area contributed by atoms with Crippen molar-refractivity contribution >= 4 is 11.6 Å². The normalized spacial score (nSPS) is 12.3. The van der Waals surface area contributed by atoms with Crippen LogP contribution in [0.15, 0.2) is 24.4 Å². The molecular weight excluding hydrogens is 352 g/mol. The molecule has 0 aliphatic heterocycles. The van der Waals surface area contributed by atoms with Crippen LogP contribution in [0.4, 0.5) is 23.2 Å². The van der Waals surface area contributed by atoms with Crippen LogP contribution in [-0.2, 0) is 0 Å². The SMILES string of the molecule is Cc1cc(C(F)F)cnc1C(=O)Nc1cc(F)c(F)c([C@H](C)CCO)c1. The first-order valence-corrected chi connectivity index (χ1v) is 7.90. The van der Waals surface area contributed by atoms with E-state index in [1.165, 1.54) is 13.0 Å². The van der Waals surface area contributed by atoms with Gasteiger partial charge >= 0.3 is 0 Å². The van der Waals surface area contributed by atoms with Gasteiger partial charge in [-0.1, -0.05) is 6.92 Å². The zero-order valence-electron chi connectivity index (χ0n) is 14.2. The van der Waals surface area contributed by atoms with Crippen molar-refractivity contribution < 1.29 is 27.5 Å². The minimum absolute atomic E-state index is 0.00725. The number of amides is 1. The minimum atomic E-state index is -2.71. The van der Waals surface area contributed by atoms with Crippen molar-refractivity contribution in [2.45, 2.75) is 32.6 Å². The first kappa shape index (κ1) is 19.8. The number of benzene rings is 1. The lowest BCUT2D eigenvalue weighted by Gasteiger charge is -2.15. The van der Waals surface area contributed by atoms with Crippen LogP contribution in [0.2, 0.25) is 0 Å². The lowest BCUT2D eigenvalue weighted by atomic mass is 9.96. The van der Waals surface area contributed by atoms with Gasteiger partial charge in [-0.15, -0.1) is 0 Å². The fourth-order valence-corrected chi connectivity index (χ4v) is 2.53. The number of carbonyl (C=O) groups is 1. The maximum Gasteiger partial charge on any atom is 0.274 e. The number of halogens is 4. The summed E-state index contributed by atoms with van der Waals surface area (Å²) in [6.07, 6.45) is -1.59. The minimum Gasteiger partial charge on any atom is -0.396 e. The molecule has 1 aromatic heterocycles. The average molecular weight is 370 g/mol. The van der Waals surface area contributed by atoms with Gasteiger partial charge in [0, 0.05) is 30.1 Å². The molecule has 0 spiro atoms. The first-order valence-electron chi connectivity index (χ1n) is 7.90. The van der Waals surface area contributed by atoms with Gasteiger partial charge in [0.1, 0.15) is 5.69 Å². The molecule has 0 aliphatic carbocycles. The van der Waals surface area contributed by atoms with Gasteiger partial charge in [-0.2, -0.15) is 0 Å². The van der Waals surface area contributed by atoms with Crippen LogP contribution in [0.25, 0.3) is 0 Å². The number of alkyl halides is 2. The molecule has 0 aliphatic rings. The van der Waals surface area contributed by atoms with Crippen molar-refractivity contribution in [1.29, 1.82) is 0 Å². The van der Waals surface area contributed by atoms with Crippen LogP contribution in [-0.4, -0.2) is 22.6 Å². The summed E-state index contributed by atoms with van der Waals surface area (Å²) in [5, 5.41) is 11.4. The first-order chi connectivity index (χ1) is 12.2. The molecule has 140 valence electrons. The highest BCUT2D eigenvalue weighted by molar-refractivity contribution is 6.03. The highest BCUT2D eigenvalue weighted by Crippen LogP contribution is 2.28. The van der Waals surface area contributed by atoms with Gasteiger partial charge in [-0.05, 0) is 42.5 Å². The Hall–Kier alpha value is -2.48. The summed E-state index contributed by atoms with van der Waals surface area (Å²) in [7, 11) is 0. The molecule has 2 aromatic rings. The molecule has 0 saturated carbocycles. The number of nitrogens with zero attached hydrogens (tertiary/aromatic N) is 1. The molecule has 0 bridgehead atoms. The molecule has 2 rings (SSSR count). The van der Waals surface area contributed by atoms with Crippen molar-refractivity contribution in [1.82, 2.24) is 4.98 Å². The number of aromatic nitrogens is 1. The van der Waals surface area contributed by atoms with Gasteiger partial charge in [0.2, 0.25) is 0 Å². The average Bonchev–Trinajstić information content (AvgIpc) is 2.57. The number of carbonyl (C=O) groups excluding carboxylic acids is 1. The smallest absolute Gasteiger partial charge is 0.274 e. The maximum atomic E-state index is 13.9. The van der Waals surface area contributed by atoms with Crippen molar-refractivity contribution in [2.24, 2.45) is 0 Å². The van der Waals surface area contributed by atoms with E-state index in [9.17, 15) is 22.4 Å². The summed E-state index contributed by atoms with van der Waals surface area (Å²) in [4.78, 5) is 16.0. The molecule has 0 fully saturated rings. The Labute approximate surface area is 147 Å². The van der Waals surface area contributed by atoms with E-state index in [4.69, 9.17) is 5.11 Å². The summed E-state index contributed by atoms with van der Waals surface area (Å²) >= 11 is 0. The summed E-state index contributed by atoms with van der Waals surface area (Å²) in [5.74, 6) is -3.37. The summed E-state index contributed by atoms with van der Waals surface area (Å²) < 4.78 is 53.1. The van der Waals surface area contributed by atoms with Crippen molar-refractivity contribution in [3.05, 3.63) is 58.4 Å². The number of aliphatic hydroxyl groups is 1. The van der Waals surface area contributed by atoms with Crippen molar-refractivity contribution in [2.75, 3.05) is 11.9 Å². The second-order valence-corrected chi connectivity index (χ2v) is 5.96. The summed E-state index contributed by atoms with van der Waals surface area (Å²) in [6.45, 7) is 2.88. The molecule has 0 unspecified atom stereocenters. The molecule has 1 aromatic carbocycles. The topological polar surface area (TPSA) is 62.2 Å². The number of rotatable bonds is 6. The lowest BCUT2D eigenvalue weighted by Crippen LogP contribution is -2.16. The van der Waals surface area contributed by atoms with Crippen LogP contribution in [0.1, 0.15) is 52.9 Å². The van der Waals surface area contributed by atoms with Gasteiger partial charge in [-0.25, -0.2) is 17.6 Å². The third kappa shape index (κ3) is 4.37. The Kier molecular flexibility index (Phi) is 6.31. The van der Waals surface area contributed by atoms with Gasteiger partial charge in [0.25, 0.3) is 12.3 Å². The Morgan fingerprint density at radius 1 is 1.27 bits per heavy atom. The van der Waals surface area contributed by atoms with Crippen molar-refractivity contribution in [3.8, 4) is 0 Å².